The lowest BCUT2D eigenvalue weighted by Crippen LogP contribution is -2.00. The standard InChI is InChI=1S/C22H21N5O4S/c1-14-10-16(5-7-19(14)31-17-6-8-20(23-12-17)32(2,29)30)27-22-21-18(24-13-25-22)11-15(26-21)4-3-9-28/h3-8,10-13,26,28H,9H2,1-2H3,(H,24,25,27)/b4-3+. The molecule has 4 rings (SSSR count). The fraction of sp³-hybridized carbons (Fsp3) is 0.136. The molecule has 4 aromatic rings. The lowest BCUT2D eigenvalue weighted by Gasteiger charge is -2.12. The van der Waals surface area contributed by atoms with Crippen molar-refractivity contribution in [3.63, 3.8) is 0 Å². The Balaban J connectivity index is 1.54. The van der Waals surface area contributed by atoms with Gasteiger partial charge in [0.2, 0.25) is 0 Å². The van der Waals surface area contributed by atoms with Gasteiger partial charge < -0.3 is 20.1 Å². The van der Waals surface area contributed by atoms with Crippen LogP contribution >= 0.6 is 0 Å². The number of nitrogens with one attached hydrogen (secondary N) is 2. The van der Waals surface area contributed by atoms with E-state index in [2.05, 4.69) is 25.3 Å². The fourth-order valence-corrected chi connectivity index (χ4v) is 3.64. The quantitative estimate of drug-likeness (QED) is 0.388. The Morgan fingerprint density at radius 3 is 2.69 bits per heavy atom. The van der Waals surface area contributed by atoms with Crippen LogP contribution in [0.4, 0.5) is 11.5 Å². The minimum absolute atomic E-state index is 0.00314. The van der Waals surface area contributed by atoms with Crippen molar-refractivity contribution in [2.75, 3.05) is 18.2 Å². The molecule has 0 atom stereocenters. The molecule has 1 aromatic carbocycles. The van der Waals surface area contributed by atoms with E-state index in [4.69, 9.17) is 9.84 Å². The number of rotatable bonds is 7. The molecule has 0 aliphatic rings. The highest BCUT2D eigenvalue weighted by molar-refractivity contribution is 7.90. The van der Waals surface area contributed by atoms with Gasteiger partial charge in [0.15, 0.2) is 20.7 Å². The number of anilines is 2. The molecule has 0 saturated carbocycles. The summed E-state index contributed by atoms with van der Waals surface area (Å²) >= 11 is 0. The average Bonchev–Trinajstić information content (AvgIpc) is 3.18. The maximum Gasteiger partial charge on any atom is 0.192 e. The number of aryl methyl sites for hydroxylation is 1. The zero-order valence-corrected chi connectivity index (χ0v) is 18.2. The molecule has 3 heterocycles. The van der Waals surface area contributed by atoms with Crippen LogP contribution in [0, 0.1) is 6.92 Å². The number of aromatic amines is 1. The SMILES string of the molecule is Cc1cc(Nc2ncnc3cc(/C=C/CO)[nH]c23)ccc1Oc1ccc(S(C)(=O)=O)nc1. The van der Waals surface area contributed by atoms with Gasteiger partial charge in [-0.3, -0.25) is 0 Å². The number of benzene rings is 1. The molecule has 0 bridgehead atoms. The van der Waals surface area contributed by atoms with Crippen molar-refractivity contribution in [1.82, 2.24) is 19.9 Å². The second kappa shape index (κ2) is 8.77. The third-order valence-electron chi connectivity index (χ3n) is 4.60. The Labute approximate surface area is 184 Å². The van der Waals surface area contributed by atoms with Crippen molar-refractivity contribution in [3.05, 3.63) is 66.3 Å². The van der Waals surface area contributed by atoms with Gasteiger partial charge in [0.05, 0.1) is 18.3 Å². The number of ether oxygens (including phenoxy) is 1. The van der Waals surface area contributed by atoms with Crippen LogP contribution in [-0.4, -0.2) is 46.3 Å². The minimum Gasteiger partial charge on any atom is -0.455 e. The number of aliphatic hydroxyl groups is 1. The summed E-state index contributed by atoms with van der Waals surface area (Å²) in [6.45, 7) is 1.86. The first-order valence-electron chi connectivity index (χ1n) is 9.66. The molecular formula is C22H21N5O4S. The lowest BCUT2D eigenvalue weighted by atomic mass is 10.2. The topological polar surface area (TPSA) is 130 Å². The molecular weight excluding hydrogens is 430 g/mol. The summed E-state index contributed by atoms with van der Waals surface area (Å²) in [7, 11) is -3.36. The molecule has 0 amide bonds. The van der Waals surface area contributed by atoms with Gasteiger partial charge in [-0.15, -0.1) is 0 Å². The zero-order chi connectivity index (χ0) is 22.7. The second-order valence-corrected chi connectivity index (χ2v) is 9.07. The summed E-state index contributed by atoms with van der Waals surface area (Å²) in [5.74, 6) is 1.68. The van der Waals surface area contributed by atoms with Gasteiger partial charge in [0.1, 0.15) is 23.3 Å². The molecule has 0 aliphatic carbocycles. The smallest absolute Gasteiger partial charge is 0.192 e. The second-order valence-electron chi connectivity index (χ2n) is 7.10. The molecule has 0 spiro atoms. The molecule has 0 fully saturated rings. The van der Waals surface area contributed by atoms with E-state index in [1.54, 1.807) is 18.2 Å². The lowest BCUT2D eigenvalue weighted by molar-refractivity contribution is 0.343. The molecule has 3 aromatic heterocycles. The summed E-state index contributed by atoms with van der Waals surface area (Å²) in [6.07, 6.45) is 7.39. The number of pyridine rings is 1. The maximum atomic E-state index is 11.5. The monoisotopic (exact) mass is 451 g/mol. The van der Waals surface area contributed by atoms with Crippen molar-refractivity contribution in [2.45, 2.75) is 11.9 Å². The van der Waals surface area contributed by atoms with E-state index in [9.17, 15) is 8.42 Å². The molecule has 164 valence electrons. The number of sulfone groups is 1. The van der Waals surface area contributed by atoms with Gasteiger partial charge in [0.25, 0.3) is 0 Å². The summed E-state index contributed by atoms with van der Waals surface area (Å²) < 4.78 is 28.9. The average molecular weight is 452 g/mol. The van der Waals surface area contributed by atoms with Crippen molar-refractivity contribution in [3.8, 4) is 11.5 Å². The number of H-pyrrole nitrogens is 1. The van der Waals surface area contributed by atoms with Crippen LogP contribution in [-0.2, 0) is 9.84 Å². The molecule has 0 radical (unpaired) electrons. The normalized spacial score (nSPS) is 11.8. The molecule has 9 nitrogen and oxygen atoms in total. The van der Waals surface area contributed by atoms with Gasteiger partial charge in [0, 0.05) is 17.6 Å². The van der Waals surface area contributed by atoms with Gasteiger partial charge in [-0.05, 0) is 55.0 Å². The third kappa shape index (κ3) is 4.76. The van der Waals surface area contributed by atoms with Crippen LogP contribution in [0.2, 0.25) is 0 Å². The van der Waals surface area contributed by atoms with Crippen LogP contribution in [0.1, 0.15) is 11.3 Å². The highest BCUT2D eigenvalue weighted by Crippen LogP contribution is 2.30. The van der Waals surface area contributed by atoms with Gasteiger partial charge >= 0.3 is 0 Å². The summed E-state index contributed by atoms with van der Waals surface area (Å²) in [5.41, 5.74) is 3.99. The Hall–Kier alpha value is -3.76. The molecule has 0 aliphatic heterocycles. The molecule has 10 heteroatoms. The predicted octanol–water partition coefficient (Wildman–Crippen LogP) is 3.61. The number of aromatic nitrogens is 4. The van der Waals surface area contributed by atoms with Crippen molar-refractivity contribution < 1.29 is 18.3 Å². The maximum absolute atomic E-state index is 11.5. The van der Waals surface area contributed by atoms with Gasteiger partial charge in [-0.1, -0.05) is 6.08 Å². The van der Waals surface area contributed by atoms with Gasteiger partial charge in [-0.2, -0.15) is 0 Å². The van der Waals surface area contributed by atoms with Crippen LogP contribution in [0.25, 0.3) is 17.1 Å². The van der Waals surface area contributed by atoms with Crippen LogP contribution in [0.15, 0.2) is 60.0 Å². The van der Waals surface area contributed by atoms with Crippen LogP contribution in [0.5, 0.6) is 11.5 Å². The van der Waals surface area contributed by atoms with Crippen molar-refractivity contribution in [2.24, 2.45) is 0 Å². The van der Waals surface area contributed by atoms with E-state index < -0.39 is 9.84 Å². The summed E-state index contributed by atoms with van der Waals surface area (Å²) in [5, 5.41) is 12.2. The van der Waals surface area contributed by atoms with E-state index in [1.165, 1.54) is 18.6 Å². The number of fused-ring (bicyclic) bond motifs is 1. The Bertz CT molecular complexity index is 1400. The van der Waals surface area contributed by atoms with Crippen LogP contribution in [0.3, 0.4) is 0 Å². The Morgan fingerprint density at radius 2 is 2.00 bits per heavy atom. The summed E-state index contributed by atoms with van der Waals surface area (Å²) in [4.78, 5) is 15.8. The predicted molar refractivity (Wildman–Crippen MR) is 122 cm³/mol. The third-order valence-corrected chi connectivity index (χ3v) is 5.60. The van der Waals surface area contributed by atoms with Gasteiger partial charge in [-0.25, -0.2) is 23.4 Å². The number of hydrogen-bond acceptors (Lipinski definition) is 8. The van der Waals surface area contributed by atoms with Crippen molar-refractivity contribution in [1.29, 1.82) is 0 Å². The fourth-order valence-electron chi connectivity index (χ4n) is 3.08. The Kier molecular flexibility index (Phi) is 5.89. The molecule has 32 heavy (non-hydrogen) atoms. The minimum atomic E-state index is -3.36. The highest BCUT2D eigenvalue weighted by atomic mass is 32.2. The summed E-state index contributed by atoms with van der Waals surface area (Å²) in [6, 6.07) is 10.4. The highest BCUT2D eigenvalue weighted by Gasteiger charge is 2.11. The van der Waals surface area contributed by atoms with E-state index >= 15 is 0 Å². The number of hydrogen-bond donors (Lipinski definition) is 3. The van der Waals surface area contributed by atoms with E-state index in [0.29, 0.717) is 17.3 Å². The molecule has 0 unspecified atom stereocenters. The first kappa shape index (κ1) is 21.5. The van der Waals surface area contributed by atoms with E-state index in [-0.39, 0.29) is 11.6 Å². The first-order chi connectivity index (χ1) is 15.3. The van der Waals surface area contributed by atoms with Crippen molar-refractivity contribution >= 4 is 38.5 Å². The van der Waals surface area contributed by atoms with E-state index in [0.717, 1.165) is 34.2 Å². The van der Waals surface area contributed by atoms with Crippen LogP contribution < -0.4 is 10.1 Å². The molecule has 0 saturated heterocycles. The zero-order valence-electron chi connectivity index (χ0n) is 17.4. The number of nitrogens with zero attached hydrogens (tertiary/aromatic N) is 3. The van der Waals surface area contributed by atoms with E-state index in [1.807, 2.05) is 31.2 Å². The Morgan fingerprint density at radius 1 is 1.16 bits per heavy atom. The largest absolute Gasteiger partial charge is 0.455 e. The molecule has 3 N–H and O–H groups in total. The first-order valence-corrected chi connectivity index (χ1v) is 11.6. The number of aliphatic hydroxyl groups excluding tert-OH is 1.